The lowest BCUT2D eigenvalue weighted by Crippen LogP contribution is -2.49. The molecule has 4 heteroatoms. The Morgan fingerprint density at radius 2 is 2.00 bits per heavy atom. The zero-order valence-electron chi connectivity index (χ0n) is 8.68. The summed E-state index contributed by atoms with van der Waals surface area (Å²) in [5, 5.41) is 3.04. The molecule has 0 aromatic rings. The number of rotatable bonds is 3. The first-order valence-electron chi connectivity index (χ1n) is 4.03. The maximum atomic E-state index is 5.50. The van der Waals surface area contributed by atoms with Crippen molar-refractivity contribution in [2.24, 2.45) is 10.7 Å². The average Bonchev–Trinajstić information content (AvgIpc) is 2.00. The summed E-state index contributed by atoms with van der Waals surface area (Å²) in [6.07, 6.45) is 0. The van der Waals surface area contributed by atoms with Crippen molar-refractivity contribution in [3.63, 3.8) is 0 Å². The molecule has 0 bridgehead atoms. The molecule has 0 atom stereocenters. The van der Waals surface area contributed by atoms with E-state index < -0.39 is 0 Å². The molecule has 0 spiro atoms. The van der Waals surface area contributed by atoms with Crippen LogP contribution in [0.1, 0.15) is 13.8 Å². The van der Waals surface area contributed by atoms with Gasteiger partial charge in [0.25, 0.3) is 0 Å². The Hall–Kier alpha value is -0.770. The van der Waals surface area contributed by atoms with Crippen LogP contribution in [0.2, 0.25) is 0 Å². The number of guanidine groups is 1. The molecule has 0 aromatic heterocycles. The van der Waals surface area contributed by atoms with E-state index in [4.69, 9.17) is 5.73 Å². The molecular formula is C8H20N4. The van der Waals surface area contributed by atoms with Crippen molar-refractivity contribution in [1.29, 1.82) is 0 Å². The van der Waals surface area contributed by atoms with Crippen molar-refractivity contribution in [3.8, 4) is 0 Å². The average molecular weight is 172 g/mol. The van der Waals surface area contributed by atoms with Gasteiger partial charge in [-0.1, -0.05) is 0 Å². The van der Waals surface area contributed by atoms with E-state index in [0.29, 0.717) is 5.96 Å². The second-order valence-electron chi connectivity index (χ2n) is 3.67. The van der Waals surface area contributed by atoms with Crippen LogP contribution >= 0.6 is 0 Å². The summed E-state index contributed by atoms with van der Waals surface area (Å²) >= 11 is 0. The van der Waals surface area contributed by atoms with E-state index in [9.17, 15) is 0 Å². The fourth-order valence-electron chi connectivity index (χ4n) is 0.544. The van der Waals surface area contributed by atoms with Gasteiger partial charge in [0.15, 0.2) is 5.96 Å². The molecule has 0 saturated heterocycles. The van der Waals surface area contributed by atoms with Gasteiger partial charge in [-0.3, -0.25) is 4.99 Å². The van der Waals surface area contributed by atoms with E-state index in [-0.39, 0.29) is 5.54 Å². The molecule has 12 heavy (non-hydrogen) atoms. The quantitative estimate of drug-likeness (QED) is 0.460. The lowest BCUT2D eigenvalue weighted by molar-refractivity contribution is 0.198. The molecule has 0 rings (SSSR count). The Labute approximate surface area is 74.8 Å². The standard InChI is InChI=1S/C8H20N4/c1-8(2,12(4)5)6-11-7(9)10-3/h6H2,1-5H3,(H3,9,10,11). The monoisotopic (exact) mass is 172 g/mol. The molecule has 0 unspecified atom stereocenters. The van der Waals surface area contributed by atoms with Crippen LogP contribution in [0.5, 0.6) is 0 Å². The van der Waals surface area contributed by atoms with E-state index in [1.54, 1.807) is 7.05 Å². The zero-order valence-corrected chi connectivity index (χ0v) is 8.68. The molecule has 0 heterocycles. The SMILES string of the molecule is CN=C(N)NCC(C)(C)N(C)C. The van der Waals surface area contributed by atoms with Crippen LogP contribution in [0.15, 0.2) is 4.99 Å². The fourth-order valence-corrected chi connectivity index (χ4v) is 0.544. The van der Waals surface area contributed by atoms with Crippen LogP contribution in [-0.2, 0) is 0 Å². The topological polar surface area (TPSA) is 53.6 Å². The molecule has 0 aliphatic rings. The second-order valence-corrected chi connectivity index (χ2v) is 3.67. The lowest BCUT2D eigenvalue weighted by atomic mass is 10.1. The minimum atomic E-state index is 0.0926. The highest BCUT2D eigenvalue weighted by atomic mass is 15.2. The largest absolute Gasteiger partial charge is 0.370 e. The van der Waals surface area contributed by atoms with E-state index in [0.717, 1.165) is 6.54 Å². The van der Waals surface area contributed by atoms with Crippen LogP contribution in [-0.4, -0.2) is 44.1 Å². The van der Waals surface area contributed by atoms with Gasteiger partial charge in [0.05, 0.1) is 0 Å². The third-order valence-electron chi connectivity index (χ3n) is 2.15. The van der Waals surface area contributed by atoms with Gasteiger partial charge in [-0.25, -0.2) is 0 Å². The Kier molecular flexibility index (Phi) is 4.03. The molecule has 0 radical (unpaired) electrons. The zero-order chi connectivity index (χ0) is 9.78. The molecule has 72 valence electrons. The summed E-state index contributed by atoms with van der Waals surface area (Å²) in [5.41, 5.74) is 5.59. The van der Waals surface area contributed by atoms with Crippen LogP contribution in [0.25, 0.3) is 0 Å². The number of nitrogens with zero attached hydrogens (tertiary/aromatic N) is 2. The Morgan fingerprint density at radius 1 is 1.50 bits per heavy atom. The minimum absolute atomic E-state index is 0.0926. The van der Waals surface area contributed by atoms with Crippen LogP contribution in [0, 0.1) is 0 Å². The van der Waals surface area contributed by atoms with Crippen molar-refractivity contribution < 1.29 is 0 Å². The number of hydrogen-bond acceptors (Lipinski definition) is 2. The van der Waals surface area contributed by atoms with Gasteiger partial charge in [-0.2, -0.15) is 0 Å². The number of nitrogens with one attached hydrogen (secondary N) is 1. The Morgan fingerprint density at radius 3 is 2.33 bits per heavy atom. The smallest absolute Gasteiger partial charge is 0.188 e. The molecule has 0 aromatic carbocycles. The molecule has 3 N–H and O–H groups in total. The van der Waals surface area contributed by atoms with E-state index in [1.165, 1.54) is 0 Å². The van der Waals surface area contributed by atoms with Crippen molar-refractivity contribution in [2.45, 2.75) is 19.4 Å². The van der Waals surface area contributed by atoms with E-state index >= 15 is 0 Å². The normalized spacial score (nSPS) is 13.7. The predicted octanol–water partition coefficient (Wildman–Crippen LogP) is -0.139. The van der Waals surface area contributed by atoms with Gasteiger partial charge < -0.3 is 16.0 Å². The highest BCUT2D eigenvalue weighted by molar-refractivity contribution is 5.77. The van der Waals surface area contributed by atoms with Gasteiger partial charge in [0, 0.05) is 19.1 Å². The summed E-state index contributed by atoms with van der Waals surface area (Å²) in [6, 6.07) is 0. The third kappa shape index (κ3) is 3.57. The second kappa shape index (κ2) is 4.30. The summed E-state index contributed by atoms with van der Waals surface area (Å²) in [5.74, 6) is 0.491. The summed E-state index contributed by atoms with van der Waals surface area (Å²) in [4.78, 5) is 5.96. The number of aliphatic imine (C=N–C) groups is 1. The molecule has 0 aliphatic carbocycles. The molecule has 0 fully saturated rings. The van der Waals surface area contributed by atoms with Crippen LogP contribution in [0.3, 0.4) is 0 Å². The van der Waals surface area contributed by atoms with Gasteiger partial charge in [-0.15, -0.1) is 0 Å². The van der Waals surface area contributed by atoms with Crippen molar-refractivity contribution >= 4 is 5.96 Å². The third-order valence-corrected chi connectivity index (χ3v) is 2.15. The number of nitrogens with two attached hydrogens (primary N) is 1. The molecule has 0 amide bonds. The van der Waals surface area contributed by atoms with E-state index in [1.807, 2.05) is 14.1 Å². The van der Waals surface area contributed by atoms with Crippen molar-refractivity contribution in [3.05, 3.63) is 0 Å². The lowest BCUT2D eigenvalue weighted by Gasteiger charge is -2.32. The molecule has 4 nitrogen and oxygen atoms in total. The maximum absolute atomic E-state index is 5.50. The highest BCUT2D eigenvalue weighted by Crippen LogP contribution is 2.07. The van der Waals surface area contributed by atoms with Gasteiger partial charge in [-0.05, 0) is 27.9 Å². The predicted molar refractivity (Wildman–Crippen MR) is 53.3 cm³/mol. The Bertz CT molecular complexity index is 160. The first-order valence-corrected chi connectivity index (χ1v) is 4.03. The minimum Gasteiger partial charge on any atom is -0.370 e. The van der Waals surface area contributed by atoms with Crippen LogP contribution in [0.4, 0.5) is 0 Å². The van der Waals surface area contributed by atoms with E-state index in [2.05, 4.69) is 29.1 Å². The Balaban J connectivity index is 3.92. The summed E-state index contributed by atoms with van der Waals surface area (Å²) < 4.78 is 0. The number of likely N-dealkylation sites (N-methyl/N-ethyl adjacent to an activating group) is 1. The molecule has 0 aliphatic heterocycles. The van der Waals surface area contributed by atoms with Crippen LogP contribution < -0.4 is 11.1 Å². The molecular weight excluding hydrogens is 152 g/mol. The maximum Gasteiger partial charge on any atom is 0.188 e. The first kappa shape index (κ1) is 11.2. The highest BCUT2D eigenvalue weighted by Gasteiger charge is 2.19. The van der Waals surface area contributed by atoms with Gasteiger partial charge >= 0.3 is 0 Å². The summed E-state index contributed by atoms with van der Waals surface area (Å²) in [7, 11) is 5.76. The summed E-state index contributed by atoms with van der Waals surface area (Å²) in [6.45, 7) is 5.08. The molecule has 0 saturated carbocycles. The van der Waals surface area contributed by atoms with Gasteiger partial charge in [0.2, 0.25) is 0 Å². The van der Waals surface area contributed by atoms with Crippen molar-refractivity contribution in [2.75, 3.05) is 27.7 Å². The van der Waals surface area contributed by atoms with Crippen molar-refractivity contribution in [1.82, 2.24) is 10.2 Å². The fraction of sp³-hybridized carbons (Fsp3) is 0.875. The first-order chi connectivity index (χ1) is 5.40. The number of hydrogen-bond donors (Lipinski definition) is 2. The van der Waals surface area contributed by atoms with Gasteiger partial charge in [0.1, 0.15) is 0 Å².